The molecule has 3 saturated heterocycles. The maximum atomic E-state index is 14.6. The molecule has 3 aromatic rings. The standard InChI is InChI=1S/C53H70N6O13/c1-12-40-53(8)48(71-51(64)72-53)33(4)44(58-66-26-18-22-36-21-17-23-41(56-36)57-42(60)28-37-19-13-15-24-54-37)31(2)30-52(7,65-11)47(70-50-45(62)39(59(9)10)27-32(3)67-50)34(5)46(35(6)49(63)68-40)69-43(61)29-38-20-14-16-25-55-38/h13-17,19-21,23-25,31-35,39-40,45-48,50,62H,12,26-30H2,1-11H3,(H,56,57,60)/b58-44+/t31-,32-,33+,34+,35-,39+,40-,45-,46+,47-,48-,50+,52-,53-/m1/s1. The minimum absolute atomic E-state index is 0.0756. The van der Waals surface area contributed by atoms with Gasteiger partial charge in [-0.2, -0.15) is 0 Å². The highest BCUT2D eigenvalue weighted by atomic mass is 16.8. The van der Waals surface area contributed by atoms with Crippen molar-refractivity contribution in [2.45, 2.75) is 148 Å². The van der Waals surface area contributed by atoms with Gasteiger partial charge >= 0.3 is 18.1 Å². The van der Waals surface area contributed by atoms with Crippen LogP contribution in [0.15, 0.2) is 72.1 Å². The van der Waals surface area contributed by atoms with Crippen molar-refractivity contribution in [2.75, 3.05) is 33.1 Å². The number of aliphatic hydroxyl groups excluding tert-OH is 1. The van der Waals surface area contributed by atoms with Crippen molar-refractivity contribution in [1.82, 2.24) is 19.9 Å². The molecule has 0 aromatic carbocycles. The minimum Gasteiger partial charge on any atom is -0.461 e. The number of fused-ring (bicyclic) bond motifs is 1. The largest absolute Gasteiger partial charge is 0.509 e. The van der Waals surface area contributed by atoms with E-state index >= 15 is 0 Å². The number of hydrogen-bond acceptors (Lipinski definition) is 18. The molecule has 72 heavy (non-hydrogen) atoms. The zero-order valence-corrected chi connectivity index (χ0v) is 43.1. The van der Waals surface area contributed by atoms with E-state index in [-0.39, 0.29) is 50.3 Å². The number of esters is 2. The maximum absolute atomic E-state index is 14.6. The lowest BCUT2D eigenvalue weighted by molar-refractivity contribution is -0.301. The SMILES string of the molecule is CC[C@H]1OC(=O)[C@H](C)[C@@H](OC(=O)Cc2ccccn2)[C@H](C)[C@@H](O[C@@H]2O[C@H](C)C[C@H](N(C)C)[C@H]2O)[C@](C)(OC)C[C@@H](C)/C(=N\OCC#Cc2cccc(NC(=O)Cc3ccccn3)n2)[C@H](C)[C@H]2OC(=O)O[C@@]21C. The molecule has 14 atom stereocenters. The molecule has 1 amide bonds. The van der Waals surface area contributed by atoms with E-state index < -0.39 is 89.8 Å². The predicted octanol–water partition coefficient (Wildman–Crippen LogP) is 5.71. The lowest BCUT2D eigenvalue weighted by atomic mass is 9.73. The first-order valence-corrected chi connectivity index (χ1v) is 24.5. The first kappa shape index (κ1) is 55.3. The summed E-state index contributed by atoms with van der Waals surface area (Å²) in [6, 6.07) is 15.3. The van der Waals surface area contributed by atoms with Crippen LogP contribution < -0.4 is 5.32 Å². The number of aliphatic hydroxyl groups is 1. The Morgan fingerprint density at radius 2 is 1.64 bits per heavy atom. The number of rotatable bonds is 13. The molecule has 19 nitrogen and oxygen atoms in total. The number of methoxy groups -OCH3 is 1. The van der Waals surface area contributed by atoms with Gasteiger partial charge in [-0.15, -0.1) is 0 Å². The number of nitrogens with one attached hydrogen (secondary N) is 1. The fraction of sp³-hybridized carbons (Fsp3) is 0.585. The van der Waals surface area contributed by atoms with E-state index in [4.69, 9.17) is 38.0 Å². The minimum atomic E-state index is -1.52. The molecule has 6 heterocycles. The topological polar surface area (TPSA) is 229 Å². The Morgan fingerprint density at radius 3 is 2.28 bits per heavy atom. The van der Waals surface area contributed by atoms with Crippen molar-refractivity contribution in [3.8, 4) is 11.8 Å². The number of nitrogens with zero attached hydrogens (tertiary/aromatic N) is 5. The molecule has 2 N–H and O–H groups in total. The summed E-state index contributed by atoms with van der Waals surface area (Å²) in [5, 5.41) is 19.3. The molecule has 0 saturated carbocycles. The number of anilines is 1. The number of ether oxygens (including phenoxy) is 7. The van der Waals surface area contributed by atoms with Gasteiger partial charge in [0.25, 0.3) is 0 Å². The number of oxime groups is 1. The number of likely N-dealkylation sites (N-methyl/N-ethyl adjacent to an activating group) is 1. The molecule has 19 heteroatoms. The van der Waals surface area contributed by atoms with E-state index in [9.17, 15) is 24.3 Å². The van der Waals surface area contributed by atoms with Crippen LogP contribution in [0.25, 0.3) is 0 Å². The van der Waals surface area contributed by atoms with Crippen molar-refractivity contribution in [2.24, 2.45) is 28.8 Å². The zero-order valence-electron chi connectivity index (χ0n) is 43.1. The van der Waals surface area contributed by atoms with Crippen LogP contribution in [-0.4, -0.2) is 143 Å². The molecular weight excluding hydrogens is 929 g/mol. The zero-order chi connectivity index (χ0) is 52.3. The van der Waals surface area contributed by atoms with Gasteiger partial charge in [0.1, 0.15) is 29.8 Å². The maximum Gasteiger partial charge on any atom is 0.509 e. The monoisotopic (exact) mass is 999 g/mol. The van der Waals surface area contributed by atoms with E-state index in [2.05, 4.69) is 37.3 Å². The summed E-state index contributed by atoms with van der Waals surface area (Å²) >= 11 is 0. The van der Waals surface area contributed by atoms with Gasteiger partial charge in [0.2, 0.25) is 5.91 Å². The summed E-state index contributed by atoms with van der Waals surface area (Å²) in [6.45, 7) is 14.1. The summed E-state index contributed by atoms with van der Waals surface area (Å²) in [4.78, 5) is 75.3. The summed E-state index contributed by atoms with van der Waals surface area (Å²) in [7, 11) is 5.27. The Balaban J connectivity index is 1.37. The van der Waals surface area contributed by atoms with Crippen LogP contribution in [0.2, 0.25) is 0 Å². The molecule has 390 valence electrons. The Kier molecular flexibility index (Phi) is 18.9. The molecule has 0 unspecified atom stereocenters. The average molecular weight is 999 g/mol. The third-order valence-corrected chi connectivity index (χ3v) is 13.9. The normalized spacial score (nSPS) is 32.7. The highest BCUT2D eigenvalue weighted by molar-refractivity contribution is 5.91. The fourth-order valence-electron chi connectivity index (χ4n) is 10.1. The highest BCUT2D eigenvalue weighted by Gasteiger charge is 2.59. The molecule has 3 aliphatic heterocycles. The second kappa shape index (κ2) is 24.6. The molecule has 0 spiro atoms. The molecule has 3 fully saturated rings. The van der Waals surface area contributed by atoms with Crippen LogP contribution in [-0.2, 0) is 65.2 Å². The van der Waals surface area contributed by atoms with E-state index in [1.807, 2.05) is 52.8 Å². The third kappa shape index (κ3) is 13.5. The number of amides is 1. The molecule has 0 bridgehead atoms. The Morgan fingerprint density at radius 1 is 0.944 bits per heavy atom. The molecule has 0 radical (unpaired) electrons. The van der Waals surface area contributed by atoms with Crippen LogP contribution in [0.1, 0.15) is 91.7 Å². The third-order valence-electron chi connectivity index (χ3n) is 13.9. The number of pyridine rings is 3. The Hall–Kier alpha value is -6.04. The summed E-state index contributed by atoms with van der Waals surface area (Å²) in [5.74, 6) is 1.34. The van der Waals surface area contributed by atoms with Crippen LogP contribution in [0.5, 0.6) is 0 Å². The number of carbonyl (C=O) groups is 4. The van der Waals surface area contributed by atoms with Gasteiger partial charge in [0, 0.05) is 49.0 Å². The predicted molar refractivity (Wildman–Crippen MR) is 263 cm³/mol. The summed E-state index contributed by atoms with van der Waals surface area (Å²) in [6.07, 6.45) is -3.89. The van der Waals surface area contributed by atoms with Crippen LogP contribution in [0, 0.1) is 35.5 Å². The summed E-state index contributed by atoms with van der Waals surface area (Å²) < 4.78 is 44.2. The molecule has 6 rings (SSSR count). The van der Waals surface area contributed by atoms with Crippen molar-refractivity contribution in [3.05, 3.63) is 84.1 Å². The lowest BCUT2D eigenvalue weighted by Gasteiger charge is -2.48. The second-order valence-electron chi connectivity index (χ2n) is 19.6. The number of aromatic nitrogens is 3. The highest BCUT2D eigenvalue weighted by Crippen LogP contribution is 2.43. The molecule has 0 aliphatic carbocycles. The molecule has 3 aromatic heterocycles. The van der Waals surface area contributed by atoms with E-state index in [0.717, 1.165) is 0 Å². The quantitative estimate of drug-likeness (QED) is 0.0687. The van der Waals surface area contributed by atoms with Crippen molar-refractivity contribution in [3.63, 3.8) is 0 Å². The van der Waals surface area contributed by atoms with Gasteiger partial charge in [0.15, 0.2) is 24.6 Å². The van der Waals surface area contributed by atoms with Gasteiger partial charge in [-0.05, 0) is 103 Å². The van der Waals surface area contributed by atoms with Gasteiger partial charge < -0.3 is 53.3 Å². The van der Waals surface area contributed by atoms with Gasteiger partial charge in [0.05, 0.1) is 48.0 Å². The van der Waals surface area contributed by atoms with E-state index in [1.165, 1.54) is 7.11 Å². The summed E-state index contributed by atoms with van der Waals surface area (Å²) in [5.41, 5.74) is -0.946. The smallest absolute Gasteiger partial charge is 0.461 e. The first-order chi connectivity index (χ1) is 34.3. The second-order valence-corrected chi connectivity index (χ2v) is 19.6. The van der Waals surface area contributed by atoms with Gasteiger partial charge in [-0.1, -0.05) is 57.0 Å². The van der Waals surface area contributed by atoms with Gasteiger partial charge in [-0.3, -0.25) is 24.4 Å². The van der Waals surface area contributed by atoms with Crippen LogP contribution >= 0.6 is 0 Å². The van der Waals surface area contributed by atoms with Crippen molar-refractivity contribution < 1.29 is 62.3 Å². The molecular formula is C53H70N6O13. The number of carbonyl (C=O) groups excluding carboxylic acids is 4. The Bertz CT molecular complexity index is 2420. The number of hydrogen-bond donors (Lipinski definition) is 2. The van der Waals surface area contributed by atoms with Crippen molar-refractivity contribution in [1.29, 1.82) is 0 Å². The first-order valence-electron chi connectivity index (χ1n) is 24.5. The van der Waals surface area contributed by atoms with Crippen LogP contribution in [0.4, 0.5) is 10.6 Å². The van der Waals surface area contributed by atoms with Crippen LogP contribution in [0.3, 0.4) is 0 Å². The van der Waals surface area contributed by atoms with Crippen molar-refractivity contribution >= 4 is 35.5 Å². The van der Waals surface area contributed by atoms with E-state index in [1.54, 1.807) is 88.6 Å². The average Bonchev–Trinajstić information content (AvgIpc) is 3.66. The number of cyclic esters (lactones) is 1. The molecule has 3 aliphatic rings. The fourth-order valence-corrected chi connectivity index (χ4v) is 10.1. The lowest BCUT2D eigenvalue weighted by Crippen LogP contribution is -2.60. The van der Waals surface area contributed by atoms with Gasteiger partial charge in [-0.25, -0.2) is 9.78 Å². The van der Waals surface area contributed by atoms with E-state index in [0.29, 0.717) is 35.0 Å². The Labute approximate surface area is 422 Å².